The summed E-state index contributed by atoms with van der Waals surface area (Å²) >= 11 is 0. The minimum atomic E-state index is -0.928. The Kier molecular flexibility index (Phi) is 5.97. The maximum atomic E-state index is 9.81. The van der Waals surface area contributed by atoms with Gasteiger partial charge in [-0.1, -0.05) is 7.43 Å². The van der Waals surface area contributed by atoms with Crippen molar-refractivity contribution in [1.82, 2.24) is 0 Å². The molecule has 1 unspecified atom stereocenters. The van der Waals surface area contributed by atoms with E-state index in [1.165, 1.54) is 14.0 Å². The largest absolute Gasteiger partial charge is 0.479 e. The van der Waals surface area contributed by atoms with Crippen LogP contribution in [0.3, 0.4) is 0 Å². The Morgan fingerprint density at radius 1 is 1.75 bits per heavy atom. The molecule has 0 fully saturated rings. The molecule has 50 valence electrons. The Morgan fingerprint density at radius 3 is 2.12 bits per heavy atom. The third kappa shape index (κ3) is 3.61. The summed E-state index contributed by atoms with van der Waals surface area (Å²) in [5, 5.41) is 8.06. The second kappa shape index (κ2) is 4.59. The van der Waals surface area contributed by atoms with E-state index in [1.807, 2.05) is 0 Å². The topological polar surface area (TPSA) is 46.5 Å². The summed E-state index contributed by atoms with van der Waals surface area (Å²) in [6.45, 7) is 1.47. The fourth-order valence-corrected chi connectivity index (χ4v) is 0.101. The number of aliphatic carboxylic acids is 1. The van der Waals surface area contributed by atoms with Gasteiger partial charge in [-0.15, -0.1) is 0 Å². The lowest BCUT2D eigenvalue weighted by molar-refractivity contribution is -0.147. The molecule has 0 bridgehead atoms. The molecule has 1 atom stereocenters. The quantitative estimate of drug-likeness (QED) is 0.584. The lowest BCUT2D eigenvalue weighted by atomic mass is 10.4. The van der Waals surface area contributed by atoms with Gasteiger partial charge in [-0.2, -0.15) is 0 Å². The van der Waals surface area contributed by atoms with E-state index in [2.05, 4.69) is 4.74 Å². The third-order valence-electron chi connectivity index (χ3n) is 0.701. The monoisotopic (exact) mass is 120 g/mol. The van der Waals surface area contributed by atoms with E-state index in [4.69, 9.17) is 5.11 Å². The van der Waals surface area contributed by atoms with Crippen molar-refractivity contribution in [3.63, 3.8) is 0 Å². The first-order valence-corrected chi connectivity index (χ1v) is 1.94. The number of carbonyl (C=O) groups is 1. The molecule has 0 aliphatic heterocycles. The summed E-state index contributed by atoms with van der Waals surface area (Å²) in [6.07, 6.45) is -0.681. The molecule has 0 spiro atoms. The summed E-state index contributed by atoms with van der Waals surface area (Å²) in [4.78, 5) is 9.81. The van der Waals surface area contributed by atoms with Crippen LogP contribution in [0.5, 0.6) is 0 Å². The number of ether oxygens (including phenoxy) is 1. The van der Waals surface area contributed by atoms with E-state index in [9.17, 15) is 4.79 Å². The summed E-state index contributed by atoms with van der Waals surface area (Å²) < 4.78 is 4.41. The van der Waals surface area contributed by atoms with E-state index in [0.29, 0.717) is 0 Å². The number of carboxylic acids is 1. The van der Waals surface area contributed by atoms with Gasteiger partial charge < -0.3 is 9.84 Å². The highest BCUT2D eigenvalue weighted by molar-refractivity contribution is 5.71. The summed E-state index contributed by atoms with van der Waals surface area (Å²) in [6, 6.07) is 0. The maximum Gasteiger partial charge on any atom is 0.332 e. The van der Waals surface area contributed by atoms with Crippen molar-refractivity contribution >= 4 is 5.97 Å². The molecule has 0 saturated heterocycles. The highest BCUT2D eigenvalue weighted by atomic mass is 16.5. The van der Waals surface area contributed by atoms with Crippen molar-refractivity contribution in [2.75, 3.05) is 7.11 Å². The van der Waals surface area contributed by atoms with Gasteiger partial charge in [0.25, 0.3) is 0 Å². The van der Waals surface area contributed by atoms with Crippen molar-refractivity contribution < 1.29 is 14.6 Å². The molecular formula is C5H12O3. The molecule has 0 heterocycles. The number of hydrogen-bond acceptors (Lipinski definition) is 2. The Balaban J connectivity index is 0. The van der Waals surface area contributed by atoms with E-state index < -0.39 is 12.1 Å². The minimum Gasteiger partial charge on any atom is -0.479 e. The maximum absolute atomic E-state index is 9.81. The van der Waals surface area contributed by atoms with Crippen LogP contribution >= 0.6 is 0 Å². The number of rotatable bonds is 2. The summed E-state index contributed by atoms with van der Waals surface area (Å²) in [7, 11) is 1.36. The summed E-state index contributed by atoms with van der Waals surface area (Å²) in [5.74, 6) is -0.928. The van der Waals surface area contributed by atoms with Gasteiger partial charge >= 0.3 is 5.97 Å². The molecule has 8 heavy (non-hydrogen) atoms. The fourth-order valence-electron chi connectivity index (χ4n) is 0.101. The lowest BCUT2D eigenvalue weighted by Gasteiger charge is -1.98. The smallest absolute Gasteiger partial charge is 0.332 e. The van der Waals surface area contributed by atoms with E-state index in [-0.39, 0.29) is 7.43 Å². The van der Waals surface area contributed by atoms with Crippen molar-refractivity contribution in [2.45, 2.75) is 20.5 Å². The van der Waals surface area contributed by atoms with Crippen molar-refractivity contribution in [3.8, 4) is 0 Å². The lowest BCUT2D eigenvalue weighted by Crippen LogP contribution is -2.17. The van der Waals surface area contributed by atoms with Crippen LogP contribution in [0.25, 0.3) is 0 Å². The van der Waals surface area contributed by atoms with E-state index in [0.717, 1.165) is 0 Å². The molecule has 3 heteroatoms. The van der Waals surface area contributed by atoms with Crippen LogP contribution < -0.4 is 0 Å². The predicted molar refractivity (Wildman–Crippen MR) is 30.8 cm³/mol. The van der Waals surface area contributed by atoms with Crippen LogP contribution in [0.1, 0.15) is 14.4 Å². The normalized spacial score (nSPS) is 11.8. The van der Waals surface area contributed by atoms with Crippen LogP contribution in [0.4, 0.5) is 0 Å². The van der Waals surface area contributed by atoms with E-state index in [1.54, 1.807) is 0 Å². The molecule has 0 rings (SSSR count). The van der Waals surface area contributed by atoms with Crippen molar-refractivity contribution in [2.24, 2.45) is 0 Å². The summed E-state index contributed by atoms with van der Waals surface area (Å²) in [5.41, 5.74) is 0. The molecule has 0 saturated carbocycles. The zero-order valence-electron chi connectivity index (χ0n) is 4.34. The van der Waals surface area contributed by atoms with Crippen LogP contribution in [-0.2, 0) is 9.53 Å². The van der Waals surface area contributed by atoms with Crippen molar-refractivity contribution in [3.05, 3.63) is 0 Å². The molecular weight excluding hydrogens is 108 g/mol. The van der Waals surface area contributed by atoms with Gasteiger partial charge in [-0.25, -0.2) is 4.79 Å². The molecule has 3 nitrogen and oxygen atoms in total. The zero-order valence-corrected chi connectivity index (χ0v) is 4.34. The second-order valence-electron chi connectivity index (χ2n) is 1.22. The van der Waals surface area contributed by atoms with E-state index >= 15 is 0 Å². The van der Waals surface area contributed by atoms with Gasteiger partial charge in [-0.3, -0.25) is 0 Å². The molecule has 0 aliphatic carbocycles. The molecule has 0 aromatic rings. The first kappa shape index (κ1) is 10.4. The molecule has 0 aromatic heterocycles. The zero-order chi connectivity index (χ0) is 5.86. The van der Waals surface area contributed by atoms with Gasteiger partial charge in [0.05, 0.1) is 0 Å². The molecule has 0 aliphatic rings. The highest BCUT2D eigenvalue weighted by Crippen LogP contribution is 1.83. The second-order valence-corrected chi connectivity index (χ2v) is 1.22. The van der Waals surface area contributed by atoms with Gasteiger partial charge in [-0.05, 0) is 6.92 Å². The molecule has 0 radical (unpaired) electrons. The Labute approximate surface area is 49.3 Å². The number of hydrogen-bond donors (Lipinski definition) is 1. The average Bonchev–Trinajstić information content (AvgIpc) is 1.65. The SMILES string of the molecule is C.COC(C)C(=O)O. The van der Waals surface area contributed by atoms with Gasteiger partial charge in [0.2, 0.25) is 0 Å². The predicted octanol–water partition coefficient (Wildman–Crippen LogP) is 0.742. The number of carboxylic acid groups (broad SMARTS) is 1. The molecule has 0 amide bonds. The third-order valence-corrected chi connectivity index (χ3v) is 0.701. The van der Waals surface area contributed by atoms with Crippen molar-refractivity contribution in [1.29, 1.82) is 0 Å². The Hall–Kier alpha value is -0.570. The molecule has 0 aromatic carbocycles. The fraction of sp³-hybridized carbons (Fsp3) is 0.800. The standard InChI is InChI=1S/C4H8O3.CH4/c1-3(7-2)4(5)6;/h3H,1-2H3,(H,5,6);1H4. The minimum absolute atomic E-state index is 0. The van der Waals surface area contributed by atoms with Crippen LogP contribution in [-0.4, -0.2) is 24.3 Å². The van der Waals surface area contributed by atoms with Crippen LogP contribution in [0.2, 0.25) is 0 Å². The Morgan fingerprint density at radius 2 is 2.12 bits per heavy atom. The number of methoxy groups -OCH3 is 1. The first-order chi connectivity index (χ1) is 3.18. The Bertz CT molecular complexity index is 70.1. The first-order valence-electron chi connectivity index (χ1n) is 1.94. The highest BCUT2D eigenvalue weighted by Gasteiger charge is 2.06. The average molecular weight is 120 g/mol. The van der Waals surface area contributed by atoms with Gasteiger partial charge in [0, 0.05) is 7.11 Å². The molecule has 1 N–H and O–H groups in total. The van der Waals surface area contributed by atoms with Crippen LogP contribution in [0.15, 0.2) is 0 Å². The van der Waals surface area contributed by atoms with Crippen LogP contribution in [0, 0.1) is 0 Å². The van der Waals surface area contributed by atoms with Gasteiger partial charge in [0.1, 0.15) is 0 Å². The van der Waals surface area contributed by atoms with Gasteiger partial charge in [0.15, 0.2) is 6.10 Å².